The van der Waals surface area contributed by atoms with Crippen LogP contribution in [0.1, 0.15) is 24.0 Å². The van der Waals surface area contributed by atoms with Crippen LogP contribution < -0.4 is 10.1 Å². The van der Waals surface area contributed by atoms with Gasteiger partial charge in [0.05, 0.1) is 24.2 Å². The Morgan fingerprint density at radius 3 is 2.58 bits per heavy atom. The first-order chi connectivity index (χ1) is 9.05. The predicted molar refractivity (Wildman–Crippen MR) is 74.0 cm³/mol. The molecule has 0 amide bonds. The Morgan fingerprint density at radius 2 is 2.00 bits per heavy atom. The second-order valence-corrected chi connectivity index (χ2v) is 4.37. The van der Waals surface area contributed by atoms with Crippen LogP contribution in [0, 0.1) is 20.8 Å². The van der Waals surface area contributed by atoms with Gasteiger partial charge in [-0.2, -0.15) is 10.1 Å². The average molecular weight is 261 g/mol. The summed E-state index contributed by atoms with van der Waals surface area (Å²) in [6.45, 7) is 8.84. The first-order valence-electron chi connectivity index (χ1n) is 6.25. The molecule has 2 aromatic rings. The van der Waals surface area contributed by atoms with E-state index in [1.807, 2.05) is 31.5 Å². The molecule has 6 heteroatoms. The third kappa shape index (κ3) is 2.67. The van der Waals surface area contributed by atoms with E-state index in [2.05, 4.69) is 27.3 Å². The summed E-state index contributed by atoms with van der Waals surface area (Å²) < 4.78 is 7.04. The van der Waals surface area contributed by atoms with Gasteiger partial charge in [-0.15, -0.1) is 0 Å². The molecule has 2 heterocycles. The minimum Gasteiger partial charge on any atom is -0.467 e. The molecule has 0 spiro atoms. The quantitative estimate of drug-likeness (QED) is 0.915. The fourth-order valence-electron chi connectivity index (χ4n) is 2.01. The Kier molecular flexibility index (Phi) is 3.69. The molecule has 0 aliphatic rings. The van der Waals surface area contributed by atoms with E-state index < -0.39 is 0 Å². The smallest absolute Gasteiger partial charge is 0.318 e. The number of aromatic nitrogens is 4. The van der Waals surface area contributed by atoms with Gasteiger partial charge >= 0.3 is 6.01 Å². The molecule has 1 N–H and O–H groups in total. The molecule has 0 radical (unpaired) electrons. The van der Waals surface area contributed by atoms with Gasteiger partial charge in [-0.1, -0.05) is 0 Å². The molecule has 0 aliphatic heterocycles. The fraction of sp³-hybridized carbons (Fsp3) is 0.462. The maximum absolute atomic E-state index is 5.08. The number of anilines is 2. The predicted octanol–water partition coefficient (Wildman–Crippen LogP) is 2.37. The maximum atomic E-state index is 5.08. The molecule has 6 nitrogen and oxygen atoms in total. The number of ether oxygens (including phenoxy) is 1. The Hall–Kier alpha value is -2.11. The molecule has 0 fully saturated rings. The van der Waals surface area contributed by atoms with Crippen LogP contribution in [0.3, 0.4) is 0 Å². The van der Waals surface area contributed by atoms with Crippen molar-refractivity contribution in [2.75, 3.05) is 12.4 Å². The van der Waals surface area contributed by atoms with Crippen molar-refractivity contribution in [1.29, 1.82) is 0 Å². The van der Waals surface area contributed by atoms with Gasteiger partial charge in [0.15, 0.2) is 0 Å². The van der Waals surface area contributed by atoms with Crippen molar-refractivity contribution in [2.45, 2.75) is 34.2 Å². The molecule has 0 aliphatic carbocycles. The molecule has 102 valence electrons. The number of nitrogens with one attached hydrogen (secondary N) is 1. The number of nitrogens with zero attached hydrogens (tertiary/aromatic N) is 4. The van der Waals surface area contributed by atoms with Gasteiger partial charge in [-0.25, -0.2) is 4.98 Å². The highest BCUT2D eigenvalue weighted by atomic mass is 16.5. The van der Waals surface area contributed by atoms with E-state index in [4.69, 9.17) is 4.74 Å². The van der Waals surface area contributed by atoms with Crippen molar-refractivity contribution in [3.8, 4) is 6.01 Å². The summed E-state index contributed by atoms with van der Waals surface area (Å²) in [5.74, 6) is 0.714. The lowest BCUT2D eigenvalue weighted by molar-refractivity contribution is 0.379. The van der Waals surface area contributed by atoms with Gasteiger partial charge in [0.2, 0.25) is 0 Å². The Morgan fingerprint density at radius 1 is 1.26 bits per heavy atom. The van der Waals surface area contributed by atoms with E-state index in [1.165, 1.54) is 0 Å². The molecule has 2 aromatic heterocycles. The van der Waals surface area contributed by atoms with Crippen LogP contribution in [0.25, 0.3) is 0 Å². The average Bonchev–Trinajstić information content (AvgIpc) is 2.65. The van der Waals surface area contributed by atoms with Crippen LogP contribution in [-0.4, -0.2) is 26.9 Å². The Labute approximate surface area is 112 Å². The number of rotatable bonds is 4. The molecule has 0 unspecified atom stereocenters. The lowest BCUT2D eigenvalue weighted by Crippen LogP contribution is -2.02. The SMILES string of the molecule is CCn1nc(C)c(Nc2cc(C)nc(OC)n2)c1C. The van der Waals surface area contributed by atoms with E-state index in [0.29, 0.717) is 11.8 Å². The normalized spacial score (nSPS) is 10.6. The topological polar surface area (TPSA) is 64.9 Å². The molecule has 0 aromatic carbocycles. The second-order valence-electron chi connectivity index (χ2n) is 4.37. The van der Waals surface area contributed by atoms with Gasteiger partial charge in [-0.3, -0.25) is 4.68 Å². The van der Waals surface area contributed by atoms with Gasteiger partial charge in [0, 0.05) is 18.3 Å². The van der Waals surface area contributed by atoms with E-state index in [-0.39, 0.29) is 0 Å². The van der Waals surface area contributed by atoms with Crippen molar-refractivity contribution in [3.05, 3.63) is 23.1 Å². The zero-order valence-electron chi connectivity index (χ0n) is 12.0. The summed E-state index contributed by atoms with van der Waals surface area (Å²) in [6.07, 6.45) is 0. The third-order valence-corrected chi connectivity index (χ3v) is 2.95. The maximum Gasteiger partial charge on any atom is 0.318 e. The number of hydrogen-bond acceptors (Lipinski definition) is 5. The third-order valence-electron chi connectivity index (χ3n) is 2.95. The van der Waals surface area contributed by atoms with Gasteiger partial charge < -0.3 is 10.1 Å². The van der Waals surface area contributed by atoms with Crippen molar-refractivity contribution < 1.29 is 4.74 Å². The summed E-state index contributed by atoms with van der Waals surface area (Å²) in [7, 11) is 1.56. The van der Waals surface area contributed by atoms with Crippen molar-refractivity contribution >= 4 is 11.5 Å². The molecular weight excluding hydrogens is 242 g/mol. The fourth-order valence-corrected chi connectivity index (χ4v) is 2.01. The van der Waals surface area contributed by atoms with E-state index >= 15 is 0 Å². The molecule has 0 saturated heterocycles. The Bertz CT molecular complexity index is 591. The van der Waals surface area contributed by atoms with Crippen LogP contribution in [0.5, 0.6) is 6.01 Å². The van der Waals surface area contributed by atoms with E-state index in [0.717, 1.165) is 29.3 Å². The number of aryl methyl sites for hydroxylation is 3. The summed E-state index contributed by atoms with van der Waals surface area (Å²) in [4.78, 5) is 8.45. The number of methoxy groups -OCH3 is 1. The van der Waals surface area contributed by atoms with Crippen molar-refractivity contribution in [3.63, 3.8) is 0 Å². The van der Waals surface area contributed by atoms with Crippen LogP contribution >= 0.6 is 0 Å². The molecule has 19 heavy (non-hydrogen) atoms. The summed E-state index contributed by atoms with van der Waals surface area (Å²) in [5, 5.41) is 7.77. The van der Waals surface area contributed by atoms with Crippen LogP contribution in [0.2, 0.25) is 0 Å². The highest BCUT2D eigenvalue weighted by molar-refractivity contribution is 5.61. The lowest BCUT2D eigenvalue weighted by Gasteiger charge is -2.08. The van der Waals surface area contributed by atoms with Crippen LogP contribution in [0.4, 0.5) is 11.5 Å². The van der Waals surface area contributed by atoms with Crippen molar-refractivity contribution in [2.24, 2.45) is 0 Å². The highest BCUT2D eigenvalue weighted by Gasteiger charge is 2.12. The molecule has 0 saturated carbocycles. The van der Waals surface area contributed by atoms with E-state index in [1.54, 1.807) is 7.11 Å². The first kappa shape index (κ1) is 13.3. The zero-order chi connectivity index (χ0) is 14.0. The number of hydrogen-bond donors (Lipinski definition) is 1. The first-order valence-corrected chi connectivity index (χ1v) is 6.25. The van der Waals surface area contributed by atoms with Crippen LogP contribution in [0.15, 0.2) is 6.07 Å². The molecule has 2 rings (SSSR count). The second kappa shape index (κ2) is 5.26. The van der Waals surface area contributed by atoms with Gasteiger partial charge in [0.25, 0.3) is 0 Å². The van der Waals surface area contributed by atoms with Gasteiger partial charge in [0.1, 0.15) is 5.82 Å². The molecule has 0 atom stereocenters. The van der Waals surface area contributed by atoms with E-state index in [9.17, 15) is 0 Å². The zero-order valence-corrected chi connectivity index (χ0v) is 12.0. The highest BCUT2D eigenvalue weighted by Crippen LogP contribution is 2.24. The molecular formula is C13H19N5O. The Balaban J connectivity index is 2.36. The summed E-state index contributed by atoms with van der Waals surface area (Å²) >= 11 is 0. The minimum absolute atomic E-state index is 0.362. The van der Waals surface area contributed by atoms with Crippen LogP contribution in [-0.2, 0) is 6.54 Å². The summed E-state index contributed by atoms with van der Waals surface area (Å²) in [6, 6.07) is 2.24. The van der Waals surface area contributed by atoms with Crippen molar-refractivity contribution in [1.82, 2.24) is 19.7 Å². The van der Waals surface area contributed by atoms with Gasteiger partial charge in [-0.05, 0) is 27.7 Å². The monoisotopic (exact) mass is 261 g/mol. The minimum atomic E-state index is 0.362. The largest absolute Gasteiger partial charge is 0.467 e. The standard InChI is InChI=1S/C13H19N5O/c1-6-18-10(4)12(9(3)17-18)15-11-7-8(2)14-13(16-11)19-5/h7H,6H2,1-5H3,(H,14,15,16). The molecule has 0 bridgehead atoms. The summed E-state index contributed by atoms with van der Waals surface area (Å²) in [5.41, 5.74) is 3.89. The lowest BCUT2D eigenvalue weighted by atomic mass is 10.3.